The minimum absolute atomic E-state index is 0. The molecule has 1 saturated heterocycles. The molecular formula is C96H132IN16O16PS2U. The summed E-state index contributed by atoms with van der Waals surface area (Å²) >= 11 is 7.89. The summed E-state index contributed by atoms with van der Waals surface area (Å²) in [5.74, 6) is 0.205. The second-order valence-electron chi connectivity index (χ2n) is 35.7. The van der Waals surface area contributed by atoms with Crippen LogP contribution in [0.2, 0.25) is 0 Å². The third kappa shape index (κ3) is 28.9. The van der Waals surface area contributed by atoms with Crippen LogP contribution in [0.25, 0.3) is 16.9 Å². The number of anilines is 3. The number of nitrogens with two attached hydrogens (primary N) is 3. The summed E-state index contributed by atoms with van der Waals surface area (Å²) in [6.07, 6.45) is 10.4. The van der Waals surface area contributed by atoms with E-state index in [9.17, 15) is 54.6 Å². The predicted molar refractivity (Wildman–Crippen MR) is 529 cm³/mol. The number of fused-ring (bicyclic) bond motifs is 6. The number of imidazole rings is 1. The van der Waals surface area contributed by atoms with Gasteiger partial charge in [-0.2, -0.15) is 15.0 Å². The van der Waals surface area contributed by atoms with Gasteiger partial charge in [0.25, 0.3) is 17.7 Å². The molecule has 8 aromatic rings. The number of carbonyl (C=O) groups is 5. The number of likely N-dealkylation sites (N-methyl/N-ethyl adjacent to an activating group) is 1. The predicted octanol–water partition coefficient (Wildman–Crippen LogP) is 14.1. The Hall–Kier alpha value is -8.87. The molecule has 2 aliphatic carbocycles. The number of hydrogen-bond acceptors (Lipinski definition) is 28. The van der Waals surface area contributed by atoms with Crippen LogP contribution in [0.4, 0.5) is 22.0 Å². The molecule has 720 valence electrons. The van der Waals surface area contributed by atoms with E-state index in [1.807, 2.05) is 70.5 Å². The Morgan fingerprint density at radius 1 is 0.857 bits per heavy atom. The smallest absolute Gasteiger partial charge is 0.405 e. The fraction of sp³-hybridized carbons (Fsp3) is 0.490. The van der Waals surface area contributed by atoms with Crippen LogP contribution >= 0.6 is 44.3 Å². The molecule has 1 saturated carbocycles. The van der Waals surface area contributed by atoms with Crippen LogP contribution in [0, 0.1) is 58.9 Å². The quantitative estimate of drug-likeness (QED) is 0.00893. The Kier molecular flexibility index (Phi) is 41.4. The fourth-order valence-electron chi connectivity index (χ4n) is 17.1. The number of allylic oxidation sites excluding steroid dienone is 2. The number of amides is 4. The second kappa shape index (κ2) is 50.3. The summed E-state index contributed by atoms with van der Waals surface area (Å²) in [7, 11) is 6.70. The van der Waals surface area contributed by atoms with Gasteiger partial charge in [0, 0.05) is 185 Å². The maximum Gasteiger partial charge on any atom is 0.405 e. The van der Waals surface area contributed by atoms with Gasteiger partial charge in [-0.15, -0.1) is 0 Å². The minimum atomic E-state index is -0.981. The largest absolute Gasteiger partial charge is 0.508 e. The maximum absolute atomic E-state index is 13.1. The molecule has 2 bridgehead atoms. The third-order valence-corrected chi connectivity index (χ3v) is 26.4. The molecule has 32 nitrogen and oxygen atoms in total. The third-order valence-electron chi connectivity index (χ3n) is 24.1. The van der Waals surface area contributed by atoms with Crippen molar-refractivity contribution < 1.29 is 109 Å². The van der Waals surface area contributed by atoms with Crippen LogP contribution in [-0.2, 0) is 76.9 Å². The van der Waals surface area contributed by atoms with Crippen molar-refractivity contribution >= 4 is 115 Å². The van der Waals surface area contributed by atoms with Crippen molar-refractivity contribution in [2.24, 2.45) is 33.1 Å². The van der Waals surface area contributed by atoms with Gasteiger partial charge in [0.05, 0.1) is 57.8 Å². The Balaban J connectivity index is 0.000000217. The van der Waals surface area contributed by atoms with Crippen LogP contribution in [0.3, 0.4) is 0 Å². The Morgan fingerprint density at radius 3 is 2.19 bits per heavy atom. The number of aromatic nitrogens is 6. The molecular weight excluding hydrogens is 2090 g/mol. The number of ketones is 1. The van der Waals surface area contributed by atoms with E-state index in [0.717, 1.165) is 143 Å². The average molecular weight is 2230 g/mol. The van der Waals surface area contributed by atoms with Gasteiger partial charge >= 0.3 is 6.09 Å². The SMILES string of the molecule is CC(C)NCCCn1c(Sc2cc3c(cc2I)OCO3)nc2c(N)ncnc21.CC(C)c1cc(C(=O)N2Cc3ccc(CN4CCN(C)CC4)cc3C2)c(O)cc1O.CCc1c(O)cc2c(O)c1C[C@@H](C)C[C@H](OC)[C@H](O)[C@@H](C)/C=C(\C)[C@H](OC(N)=O)[C@@H](OC)/C=C\C=C(/C)C(=O)N2.CN=S.Cc1nn(-c2ccc(C(N)=O)c(NC3CCC(O)CC3)c2)c2c1C(=O)CC(C)(C)C2.P.[U]. The van der Waals surface area contributed by atoms with Crippen molar-refractivity contribution in [1.82, 2.24) is 49.3 Å². The van der Waals surface area contributed by atoms with Crippen molar-refractivity contribution in [2.45, 2.75) is 232 Å². The van der Waals surface area contributed by atoms with Crippen LogP contribution in [-0.4, -0.2) is 215 Å². The molecule has 7 atom stereocenters. The van der Waals surface area contributed by atoms with E-state index in [4.69, 9.17) is 45.9 Å². The van der Waals surface area contributed by atoms with E-state index >= 15 is 0 Å². The number of primary amides is 2. The first kappa shape index (κ1) is 109. The number of Topliss-reactive ketones (excluding diaryl/α,β-unsaturated/α-hetero) is 1. The monoisotopic (exact) mass is 2220 g/mol. The number of carbonyl (C=O) groups excluding carboxylic acids is 5. The van der Waals surface area contributed by atoms with Gasteiger partial charge in [0.2, 0.25) is 6.79 Å². The number of piperazine rings is 1. The molecule has 2 fully saturated rings. The van der Waals surface area contributed by atoms with Gasteiger partial charge < -0.3 is 102 Å². The fourth-order valence-corrected chi connectivity index (χ4v) is 18.8. The Bertz CT molecular complexity index is 5510. The second-order valence-corrected chi connectivity index (χ2v) is 38.3. The molecule has 1 unspecified atom stereocenters. The number of methoxy groups -OCH3 is 2. The molecule has 5 aromatic carbocycles. The van der Waals surface area contributed by atoms with Crippen molar-refractivity contribution in [3.8, 4) is 40.2 Å². The number of phenols is 4. The van der Waals surface area contributed by atoms with Gasteiger partial charge in [0.1, 0.15) is 35.4 Å². The first-order valence-corrected chi connectivity index (χ1v) is 46.7. The van der Waals surface area contributed by atoms with Crippen molar-refractivity contribution in [3.05, 3.63) is 174 Å². The number of nitrogen functional groups attached to an aromatic ring is 1. The summed E-state index contributed by atoms with van der Waals surface area (Å²) in [6.45, 7) is 31.6. The Morgan fingerprint density at radius 2 is 1.54 bits per heavy atom. The van der Waals surface area contributed by atoms with E-state index in [1.54, 1.807) is 74.0 Å². The zero-order valence-electron chi connectivity index (χ0n) is 79.0. The number of ether oxygens (including phenoxy) is 5. The molecule has 133 heavy (non-hydrogen) atoms. The first-order chi connectivity index (χ1) is 62.2. The number of aliphatic hydroxyl groups excluding tert-OH is 2. The number of aryl methyl sites for hydroxylation is 2. The molecule has 0 spiro atoms. The van der Waals surface area contributed by atoms with E-state index < -0.39 is 48.2 Å². The number of phenolic OH excluding ortho intramolecular Hbond substituents is 4. The molecule has 3 aromatic heterocycles. The molecule has 14 rings (SSSR count). The van der Waals surface area contributed by atoms with E-state index in [-0.39, 0.29) is 123 Å². The molecule has 6 aliphatic rings. The van der Waals surface area contributed by atoms with Crippen LogP contribution < -0.4 is 42.6 Å². The number of aromatic hydroxyl groups is 4. The number of hydrogen-bond donors (Lipinski definition) is 12. The van der Waals surface area contributed by atoms with Gasteiger partial charge in [0.15, 0.2) is 45.5 Å². The number of benzene rings is 5. The molecule has 0 radical (unpaired) electrons. The molecule has 7 heterocycles. The number of aliphatic hydroxyl groups is 2. The van der Waals surface area contributed by atoms with E-state index in [2.05, 4.69) is 138 Å². The van der Waals surface area contributed by atoms with E-state index in [0.29, 0.717) is 95.2 Å². The summed E-state index contributed by atoms with van der Waals surface area (Å²) < 4.78 is 35.7. The Labute approximate surface area is 829 Å². The van der Waals surface area contributed by atoms with Crippen LogP contribution in [0.15, 0.2) is 123 Å². The number of halogens is 1. The van der Waals surface area contributed by atoms with Crippen molar-refractivity contribution in [2.75, 3.05) is 84.2 Å². The molecule has 15 N–H and O–H groups in total. The van der Waals surface area contributed by atoms with Crippen LogP contribution in [0.1, 0.15) is 203 Å². The van der Waals surface area contributed by atoms with Crippen molar-refractivity contribution in [1.29, 1.82) is 0 Å². The standard InChI is InChI=1S/C30H44N2O8.C24H31N3O3.C23H30N4O3.C18H21IN6O2S.CH3NS.H3P.U/c1-8-20-21-12-16(2)13-25(39-7)26(34)18(4)14-19(5)28(40-30(31)37)24(38-6)11-9-10-17(3)29(36)32-22(27(21)35)15-23(20)33;1-16(2)20-11-21(23(29)12-22(20)28)24(30)27-14-18-5-4-17(10-19(18)15-27)13-26-8-6-25(3)7-9-26;1-13-21-19(11-23(2,3)12-20(21)29)27(26-13)15-6-9-17(22(24)30)18(10-15)25-14-4-7-16(28)8-5-14;1-10(2)21-4-3-5-25-17-15(16(20)22-8-23-17)24-18(25)28-14-7-13-12(6-11(14)19)26-9-27-13;1-2-3;;/h9-11,14-16,18,24-26,28,33-35H,8,12-13H2,1-7H3,(H2,31,37)(H,32,36);4-5,10-12,16,28-29H,6-9,13-15H2,1-3H3;6,9-10,14,16,25,28H,4-5,7-8,11-12H2,1-3H3,(H2,24,30);6-8,10,21H,3-5,9H2,1-2H3,(H2,20,22,23);1H3;1H3;/b11-9-,17-10+,19-14+;;;;;;/t16-,18+,24+,25+,26-,28+;;;;;;/m1....../s1. The number of rotatable bonds is 19. The van der Waals surface area contributed by atoms with Crippen LogP contribution in [0.5, 0.6) is 34.5 Å². The average Bonchev–Trinajstić information content (AvgIpc) is 1.56. The summed E-state index contributed by atoms with van der Waals surface area (Å²) in [5, 5.41) is 78.2. The number of nitrogens with zero attached hydrogens (tertiary/aromatic N) is 10. The van der Waals surface area contributed by atoms with Gasteiger partial charge in [-0.05, 0) is 196 Å². The molecule has 4 amide bonds. The summed E-state index contributed by atoms with van der Waals surface area (Å²) in [5.41, 5.74) is 29.3. The minimum Gasteiger partial charge on any atom is -0.508 e. The van der Waals surface area contributed by atoms with Gasteiger partial charge in [-0.25, -0.2) is 28.8 Å². The first-order valence-electron chi connectivity index (χ1n) is 44.4. The van der Waals surface area contributed by atoms with Crippen molar-refractivity contribution in [3.63, 3.8) is 0 Å². The number of nitrogens with one attached hydrogen (secondary N) is 3. The van der Waals surface area contributed by atoms with Gasteiger partial charge in [-0.3, -0.25) is 24.1 Å². The molecule has 37 heteroatoms. The zero-order valence-corrected chi connectivity index (χ0v) is 88.4. The zero-order chi connectivity index (χ0) is 95.6. The maximum atomic E-state index is 13.1. The topological polar surface area (TPSA) is 451 Å². The normalized spacial score (nSPS) is 21.1. The summed E-state index contributed by atoms with van der Waals surface area (Å²) in [4.78, 5) is 83.4. The molecule has 4 aliphatic heterocycles. The van der Waals surface area contributed by atoms with E-state index in [1.165, 1.54) is 43.8 Å². The summed E-state index contributed by atoms with van der Waals surface area (Å²) in [6, 6.07) is 20.8. The van der Waals surface area contributed by atoms with Gasteiger partial charge in [-0.1, -0.05) is 117 Å².